The summed E-state index contributed by atoms with van der Waals surface area (Å²) in [6, 6.07) is 0.499. The van der Waals surface area contributed by atoms with E-state index in [0.717, 1.165) is 0 Å². The van der Waals surface area contributed by atoms with Gasteiger partial charge in [-0.1, -0.05) is 19.3 Å². The molecule has 0 N–H and O–H groups in total. The van der Waals surface area contributed by atoms with Crippen LogP contribution in [0.3, 0.4) is 0 Å². The number of hydrogen-bond acceptors (Lipinski definition) is 3. The molecule has 3 nitrogen and oxygen atoms in total. The third-order valence-electron chi connectivity index (χ3n) is 3.72. The lowest BCUT2D eigenvalue weighted by atomic mass is 10.0. The van der Waals surface area contributed by atoms with Crippen LogP contribution in [0.4, 0.5) is 30.7 Å². The van der Waals surface area contributed by atoms with Crippen LogP contribution in [-0.2, 0) is 13.3 Å². The highest BCUT2D eigenvalue weighted by Gasteiger charge is 2.72. The monoisotopic (exact) mass is 388 g/mol. The summed E-state index contributed by atoms with van der Waals surface area (Å²) in [5, 5.41) is 0. The Bertz CT molecular complexity index is 352. The summed E-state index contributed by atoms with van der Waals surface area (Å²) >= 11 is 0. The molecule has 0 amide bonds. The third-order valence-corrected chi connectivity index (χ3v) is 6.55. The van der Waals surface area contributed by atoms with Gasteiger partial charge >= 0.3 is 26.8 Å². The molecule has 0 spiro atoms. The summed E-state index contributed by atoms with van der Waals surface area (Å²) < 4.78 is 103. The van der Waals surface area contributed by atoms with Gasteiger partial charge in [-0.05, 0) is 12.8 Å². The first-order valence-corrected chi connectivity index (χ1v) is 9.30. The molecule has 0 heterocycles. The maximum atomic E-state index is 13.1. The number of rotatable bonds is 12. The van der Waals surface area contributed by atoms with E-state index in [4.69, 9.17) is 13.3 Å². The van der Waals surface area contributed by atoms with E-state index in [9.17, 15) is 30.7 Å². The zero-order valence-corrected chi connectivity index (χ0v) is 14.8. The Morgan fingerprint density at radius 2 is 1.08 bits per heavy atom. The molecule has 0 bridgehead atoms. The van der Waals surface area contributed by atoms with E-state index >= 15 is 0 Å². The van der Waals surface area contributed by atoms with E-state index in [1.807, 2.05) is 0 Å². The number of alkyl halides is 7. The zero-order valence-electron chi connectivity index (χ0n) is 13.8. The first-order valence-electron chi connectivity index (χ1n) is 7.37. The Kier molecular flexibility index (Phi) is 9.19. The lowest BCUT2D eigenvalue weighted by molar-refractivity contribution is -0.355. The standard InChI is InChI=1S/C13H23F7O3Si/c1-21-24(22-2,23-3)10-8-6-4-5-7-9-11(14,15)12(16,17)13(18,19)20/h4-10H2,1-3H3. The fourth-order valence-corrected chi connectivity index (χ4v) is 3.93. The minimum absolute atomic E-state index is 0.130. The van der Waals surface area contributed by atoms with Crippen molar-refractivity contribution in [1.29, 1.82) is 0 Å². The first-order chi connectivity index (χ1) is 10.9. The van der Waals surface area contributed by atoms with Crippen molar-refractivity contribution in [3.8, 4) is 0 Å². The Hall–Kier alpha value is -0.393. The van der Waals surface area contributed by atoms with Gasteiger partial charge in [0.05, 0.1) is 0 Å². The average Bonchev–Trinajstić information content (AvgIpc) is 2.49. The lowest BCUT2D eigenvalue weighted by Gasteiger charge is -2.28. The van der Waals surface area contributed by atoms with Crippen LogP contribution in [-0.4, -0.2) is 48.2 Å². The minimum atomic E-state index is -6.26. The van der Waals surface area contributed by atoms with E-state index in [2.05, 4.69) is 0 Å². The van der Waals surface area contributed by atoms with Gasteiger partial charge in [0.15, 0.2) is 0 Å². The summed E-state index contributed by atoms with van der Waals surface area (Å²) in [6.45, 7) is 0. The number of unbranched alkanes of at least 4 members (excludes halogenated alkanes) is 4. The fourth-order valence-electron chi connectivity index (χ4n) is 2.14. The lowest BCUT2D eigenvalue weighted by Crippen LogP contribution is -2.51. The van der Waals surface area contributed by atoms with E-state index < -0.39 is 39.7 Å². The highest BCUT2D eigenvalue weighted by molar-refractivity contribution is 6.60. The molecular formula is C13H23F7O3Si. The van der Waals surface area contributed by atoms with E-state index in [1.165, 1.54) is 21.3 Å². The van der Waals surface area contributed by atoms with Crippen LogP contribution in [0, 0.1) is 0 Å². The van der Waals surface area contributed by atoms with Gasteiger partial charge in [-0.15, -0.1) is 0 Å². The Labute approximate surface area is 137 Å². The first kappa shape index (κ1) is 23.6. The summed E-state index contributed by atoms with van der Waals surface area (Å²) in [5.74, 6) is -11.1. The van der Waals surface area contributed by atoms with Gasteiger partial charge in [0.25, 0.3) is 0 Å². The number of halogens is 7. The molecule has 0 aliphatic rings. The molecule has 0 unspecified atom stereocenters. The second-order valence-electron chi connectivity index (χ2n) is 5.34. The maximum absolute atomic E-state index is 13.1. The molecule has 0 aliphatic carbocycles. The predicted molar refractivity (Wildman–Crippen MR) is 75.2 cm³/mol. The third kappa shape index (κ3) is 6.16. The molecular weight excluding hydrogens is 365 g/mol. The Morgan fingerprint density at radius 3 is 1.50 bits per heavy atom. The largest absolute Gasteiger partial charge is 0.500 e. The average molecular weight is 388 g/mol. The molecule has 0 atom stereocenters. The van der Waals surface area contributed by atoms with Gasteiger partial charge in [0.2, 0.25) is 0 Å². The van der Waals surface area contributed by atoms with Crippen molar-refractivity contribution in [2.24, 2.45) is 0 Å². The second kappa shape index (κ2) is 9.34. The Morgan fingerprint density at radius 1 is 0.667 bits per heavy atom. The van der Waals surface area contributed by atoms with E-state index in [-0.39, 0.29) is 6.42 Å². The zero-order chi connectivity index (χ0) is 19.1. The SMILES string of the molecule is CO[Si](CCCCCCCC(F)(F)C(F)(F)C(F)(F)F)(OC)OC. The Balaban J connectivity index is 4.11. The summed E-state index contributed by atoms with van der Waals surface area (Å²) in [4.78, 5) is 0. The van der Waals surface area contributed by atoms with Crippen LogP contribution < -0.4 is 0 Å². The van der Waals surface area contributed by atoms with Gasteiger partial charge in [0, 0.05) is 33.8 Å². The van der Waals surface area contributed by atoms with E-state index in [1.54, 1.807) is 0 Å². The van der Waals surface area contributed by atoms with Crippen LogP contribution in [0.1, 0.15) is 38.5 Å². The predicted octanol–water partition coefficient (Wildman–Crippen LogP) is 5.04. The van der Waals surface area contributed by atoms with Crippen LogP contribution >= 0.6 is 0 Å². The second-order valence-corrected chi connectivity index (χ2v) is 8.43. The fraction of sp³-hybridized carbons (Fsp3) is 1.00. The van der Waals surface area contributed by atoms with Gasteiger partial charge in [0.1, 0.15) is 0 Å². The molecule has 11 heteroatoms. The highest BCUT2D eigenvalue weighted by Crippen LogP contribution is 2.48. The molecule has 0 aliphatic heterocycles. The van der Waals surface area contributed by atoms with Gasteiger partial charge in [-0.25, -0.2) is 0 Å². The van der Waals surface area contributed by atoms with Crippen LogP contribution in [0.25, 0.3) is 0 Å². The van der Waals surface area contributed by atoms with Gasteiger partial charge in [-0.2, -0.15) is 30.7 Å². The smallest absolute Gasteiger partial charge is 0.377 e. The maximum Gasteiger partial charge on any atom is 0.500 e. The molecule has 0 rings (SSSR count). The van der Waals surface area contributed by atoms with Crippen LogP contribution in [0.5, 0.6) is 0 Å². The molecule has 0 saturated heterocycles. The van der Waals surface area contributed by atoms with Crippen molar-refractivity contribution in [2.75, 3.05) is 21.3 Å². The molecule has 0 fully saturated rings. The molecule has 0 aromatic heterocycles. The quantitative estimate of drug-likeness (QED) is 0.266. The minimum Gasteiger partial charge on any atom is -0.377 e. The summed E-state index contributed by atoms with van der Waals surface area (Å²) in [5.41, 5.74) is 0. The van der Waals surface area contributed by atoms with Crippen molar-refractivity contribution in [2.45, 2.75) is 62.6 Å². The van der Waals surface area contributed by atoms with Crippen molar-refractivity contribution in [3.63, 3.8) is 0 Å². The molecule has 0 aromatic carbocycles. The van der Waals surface area contributed by atoms with Crippen molar-refractivity contribution >= 4 is 8.80 Å². The van der Waals surface area contributed by atoms with Crippen molar-refractivity contribution in [1.82, 2.24) is 0 Å². The van der Waals surface area contributed by atoms with Gasteiger partial charge < -0.3 is 13.3 Å². The molecule has 24 heavy (non-hydrogen) atoms. The summed E-state index contributed by atoms with van der Waals surface area (Å²) in [6.07, 6.45) is -6.44. The number of hydrogen-bond donors (Lipinski definition) is 0. The molecule has 0 saturated carbocycles. The molecule has 0 aromatic rings. The molecule has 0 radical (unpaired) electrons. The topological polar surface area (TPSA) is 27.7 Å². The van der Waals surface area contributed by atoms with Gasteiger partial charge in [-0.3, -0.25) is 0 Å². The van der Waals surface area contributed by atoms with Crippen molar-refractivity contribution < 1.29 is 44.0 Å². The normalized spacial score (nSPS) is 14.2. The highest BCUT2D eigenvalue weighted by atomic mass is 28.4. The van der Waals surface area contributed by atoms with Crippen molar-refractivity contribution in [3.05, 3.63) is 0 Å². The summed E-state index contributed by atoms with van der Waals surface area (Å²) in [7, 11) is 1.63. The molecule has 146 valence electrons. The van der Waals surface area contributed by atoms with E-state index in [0.29, 0.717) is 25.3 Å². The van der Waals surface area contributed by atoms with Crippen LogP contribution in [0.2, 0.25) is 6.04 Å². The van der Waals surface area contributed by atoms with Crippen LogP contribution in [0.15, 0.2) is 0 Å².